The number of fused-ring (bicyclic) bond motifs is 1. The fourth-order valence-electron chi connectivity index (χ4n) is 2.77. The third-order valence-corrected chi connectivity index (χ3v) is 6.46. The molecule has 0 radical (unpaired) electrons. The van der Waals surface area contributed by atoms with Crippen LogP contribution in [0.15, 0.2) is 34.3 Å². The van der Waals surface area contributed by atoms with Crippen LogP contribution in [-0.4, -0.2) is 97.5 Å². The molecule has 0 unspecified atom stereocenters. The number of thioether (sulfide) groups is 2. The van der Waals surface area contributed by atoms with E-state index in [-0.39, 0.29) is 23.3 Å². The zero-order valence-corrected chi connectivity index (χ0v) is 21.0. The van der Waals surface area contributed by atoms with Gasteiger partial charge in [-0.3, -0.25) is 9.59 Å². The maximum Gasteiger partial charge on any atom is 0.230 e. The van der Waals surface area contributed by atoms with Crippen LogP contribution in [0.1, 0.15) is 12.8 Å². The lowest BCUT2D eigenvalue weighted by Gasteiger charge is -2.11. The minimum absolute atomic E-state index is 0.0294. The Morgan fingerprint density at radius 2 is 1.19 bits per heavy atom. The molecule has 0 saturated heterocycles. The van der Waals surface area contributed by atoms with Crippen molar-refractivity contribution in [2.24, 2.45) is 0 Å². The molecule has 0 fully saturated rings. The quantitative estimate of drug-likeness (QED) is 0.315. The predicted molar refractivity (Wildman–Crippen MR) is 133 cm³/mol. The number of rotatable bonds is 14. The van der Waals surface area contributed by atoms with E-state index in [0.29, 0.717) is 23.1 Å². The van der Waals surface area contributed by atoms with Crippen molar-refractivity contribution >= 4 is 46.4 Å². The molecule has 176 valence electrons. The molecule has 2 N–H and O–H groups in total. The fraction of sp³-hybridized carbons (Fsp3) is 0.545. The maximum absolute atomic E-state index is 12.2. The second-order valence-corrected chi connectivity index (χ2v) is 9.84. The van der Waals surface area contributed by atoms with Gasteiger partial charge in [-0.15, -0.1) is 0 Å². The molecule has 2 amide bonds. The number of nitrogens with zero attached hydrogens (tertiary/aromatic N) is 4. The van der Waals surface area contributed by atoms with Gasteiger partial charge >= 0.3 is 0 Å². The van der Waals surface area contributed by atoms with E-state index in [0.717, 1.165) is 37.0 Å². The van der Waals surface area contributed by atoms with Crippen molar-refractivity contribution in [2.45, 2.75) is 22.9 Å². The van der Waals surface area contributed by atoms with Gasteiger partial charge in [0.2, 0.25) is 11.8 Å². The van der Waals surface area contributed by atoms with E-state index >= 15 is 0 Å². The molecule has 0 spiro atoms. The molecule has 0 bridgehead atoms. The van der Waals surface area contributed by atoms with E-state index in [4.69, 9.17) is 9.97 Å². The topological polar surface area (TPSA) is 90.5 Å². The first-order valence-corrected chi connectivity index (χ1v) is 12.7. The first-order valence-electron chi connectivity index (χ1n) is 10.7. The lowest BCUT2D eigenvalue weighted by atomic mass is 10.3. The first kappa shape index (κ1) is 26.4. The Kier molecular flexibility index (Phi) is 11.8. The van der Waals surface area contributed by atoms with Crippen LogP contribution in [0, 0.1) is 0 Å². The van der Waals surface area contributed by atoms with Crippen LogP contribution in [0.3, 0.4) is 0 Å². The largest absolute Gasteiger partial charge is 0.355 e. The third-order valence-electron chi connectivity index (χ3n) is 4.40. The van der Waals surface area contributed by atoms with Gasteiger partial charge in [-0.25, -0.2) is 9.97 Å². The summed E-state index contributed by atoms with van der Waals surface area (Å²) in [7, 11) is 8.05. The van der Waals surface area contributed by atoms with Crippen LogP contribution in [0.5, 0.6) is 0 Å². The number of benzene rings is 1. The van der Waals surface area contributed by atoms with Gasteiger partial charge in [0.15, 0.2) is 0 Å². The minimum Gasteiger partial charge on any atom is -0.355 e. The molecule has 8 nitrogen and oxygen atoms in total. The summed E-state index contributed by atoms with van der Waals surface area (Å²) in [5, 5.41) is 7.24. The van der Waals surface area contributed by atoms with E-state index in [1.807, 2.05) is 52.5 Å². The highest BCUT2D eigenvalue weighted by molar-refractivity contribution is 8.02. The van der Waals surface area contributed by atoms with Gasteiger partial charge in [0.05, 0.1) is 22.5 Å². The number of aromatic nitrogens is 2. The van der Waals surface area contributed by atoms with Crippen LogP contribution in [-0.2, 0) is 9.59 Å². The summed E-state index contributed by atoms with van der Waals surface area (Å²) in [5.74, 6) is 0.468. The molecule has 0 atom stereocenters. The van der Waals surface area contributed by atoms with Crippen LogP contribution >= 0.6 is 23.5 Å². The van der Waals surface area contributed by atoms with Crippen LogP contribution in [0.4, 0.5) is 0 Å². The number of nitrogens with one attached hydrogen (secondary N) is 2. The predicted octanol–water partition coefficient (Wildman–Crippen LogP) is 1.95. The van der Waals surface area contributed by atoms with Gasteiger partial charge < -0.3 is 20.4 Å². The Bertz CT molecular complexity index is 808. The lowest BCUT2D eigenvalue weighted by Crippen LogP contribution is -2.28. The van der Waals surface area contributed by atoms with Crippen molar-refractivity contribution in [3.8, 4) is 0 Å². The molecule has 0 aliphatic rings. The Morgan fingerprint density at radius 3 is 1.56 bits per heavy atom. The Morgan fingerprint density at radius 1 is 0.781 bits per heavy atom. The Hall–Kier alpha value is -1.88. The first-order chi connectivity index (χ1) is 15.3. The van der Waals surface area contributed by atoms with Crippen molar-refractivity contribution in [3.05, 3.63) is 24.3 Å². The van der Waals surface area contributed by atoms with Crippen molar-refractivity contribution in [2.75, 3.05) is 65.9 Å². The summed E-state index contributed by atoms with van der Waals surface area (Å²) in [4.78, 5) is 38.0. The van der Waals surface area contributed by atoms with Crippen LogP contribution in [0.2, 0.25) is 0 Å². The SMILES string of the molecule is CN(C)CCCNC(=O)CSc1nc2ccccc2nc1SCC(=O)NCCCN(C)C. The monoisotopic (exact) mass is 478 g/mol. The van der Waals surface area contributed by atoms with E-state index in [2.05, 4.69) is 20.4 Å². The zero-order valence-electron chi connectivity index (χ0n) is 19.4. The molecule has 10 heteroatoms. The van der Waals surface area contributed by atoms with Crippen molar-refractivity contribution in [1.82, 2.24) is 30.4 Å². The summed E-state index contributed by atoms with van der Waals surface area (Å²) in [6.45, 7) is 3.16. The fourth-order valence-corrected chi connectivity index (χ4v) is 4.53. The second-order valence-electron chi connectivity index (χ2n) is 7.91. The van der Waals surface area contributed by atoms with Crippen LogP contribution in [0.25, 0.3) is 11.0 Å². The molecule has 0 aliphatic heterocycles. The number of hydrogen-bond donors (Lipinski definition) is 2. The smallest absolute Gasteiger partial charge is 0.230 e. The Labute approximate surface area is 199 Å². The summed E-state index contributed by atoms with van der Waals surface area (Å²) in [6, 6.07) is 7.63. The number of carbonyl (C=O) groups excluding carboxylic acids is 2. The molecule has 32 heavy (non-hydrogen) atoms. The zero-order chi connectivity index (χ0) is 23.3. The number of carbonyl (C=O) groups is 2. The van der Waals surface area contributed by atoms with E-state index in [1.54, 1.807) is 0 Å². The number of amides is 2. The molecular formula is C22H34N6O2S2. The molecule has 2 rings (SSSR count). The standard InChI is InChI=1S/C22H34N6O2S2/c1-27(2)13-7-11-23-19(29)15-31-21-22(26-18-10-6-5-9-17(18)25-21)32-16-20(30)24-12-8-14-28(3)4/h5-6,9-10H,7-8,11-16H2,1-4H3,(H,23,29)(H,24,30). The van der Waals surface area contributed by atoms with Gasteiger partial charge in [-0.2, -0.15) is 0 Å². The van der Waals surface area contributed by atoms with Gasteiger partial charge in [0.1, 0.15) is 10.1 Å². The molecule has 1 aromatic heterocycles. The molecule has 1 aromatic carbocycles. The van der Waals surface area contributed by atoms with E-state index < -0.39 is 0 Å². The van der Waals surface area contributed by atoms with Gasteiger partial charge in [0.25, 0.3) is 0 Å². The molecular weight excluding hydrogens is 444 g/mol. The van der Waals surface area contributed by atoms with Gasteiger partial charge in [0, 0.05) is 13.1 Å². The third kappa shape index (κ3) is 10.2. The van der Waals surface area contributed by atoms with Crippen LogP contribution < -0.4 is 10.6 Å². The highest BCUT2D eigenvalue weighted by atomic mass is 32.2. The van der Waals surface area contributed by atoms with Crippen molar-refractivity contribution in [3.63, 3.8) is 0 Å². The van der Waals surface area contributed by atoms with Gasteiger partial charge in [-0.1, -0.05) is 35.7 Å². The normalized spacial score (nSPS) is 11.3. The molecule has 2 aromatic rings. The van der Waals surface area contributed by atoms with Gasteiger partial charge in [-0.05, 0) is 66.3 Å². The maximum atomic E-state index is 12.2. The molecule has 1 heterocycles. The lowest BCUT2D eigenvalue weighted by molar-refractivity contribution is -0.119. The van der Waals surface area contributed by atoms with E-state index in [9.17, 15) is 9.59 Å². The minimum atomic E-state index is -0.0294. The average Bonchev–Trinajstić information content (AvgIpc) is 2.76. The highest BCUT2D eigenvalue weighted by Gasteiger charge is 2.14. The summed E-state index contributed by atoms with van der Waals surface area (Å²) in [5.41, 5.74) is 1.55. The average molecular weight is 479 g/mol. The Balaban J connectivity index is 1.93. The molecule has 0 saturated carbocycles. The van der Waals surface area contributed by atoms with E-state index in [1.165, 1.54) is 23.5 Å². The molecule has 0 aliphatic carbocycles. The summed E-state index contributed by atoms with van der Waals surface area (Å²) < 4.78 is 0. The summed E-state index contributed by atoms with van der Waals surface area (Å²) in [6.07, 6.45) is 1.81. The number of hydrogen-bond acceptors (Lipinski definition) is 8. The number of para-hydroxylation sites is 2. The highest BCUT2D eigenvalue weighted by Crippen LogP contribution is 2.29. The second kappa shape index (κ2) is 14.3. The van der Waals surface area contributed by atoms with Crippen molar-refractivity contribution < 1.29 is 9.59 Å². The van der Waals surface area contributed by atoms with Crippen molar-refractivity contribution in [1.29, 1.82) is 0 Å². The summed E-state index contributed by atoms with van der Waals surface area (Å²) >= 11 is 2.71.